The molecule has 0 spiro atoms. The van der Waals surface area contributed by atoms with E-state index in [2.05, 4.69) is 4.98 Å². The minimum atomic E-state index is -1.78. The molecule has 1 aliphatic heterocycles. The van der Waals surface area contributed by atoms with E-state index in [-0.39, 0.29) is 10.1 Å². The number of ether oxygens (including phenoxy) is 2. The summed E-state index contributed by atoms with van der Waals surface area (Å²) in [5.74, 6) is -5.12. The molecule has 138 valence electrons. The highest BCUT2D eigenvalue weighted by molar-refractivity contribution is 6.54. The maximum Gasteiger partial charge on any atom is 0.240 e. The van der Waals surface area contributed by atoms with Crippen LogP contribution in [0, 0.1) is 11.8 Å². The predicted molar refractivity (Wildman–Crippen MR) is 96.4 cm³/mol. The maximum atomic E-state index is 13.2. The molecule has 0 N–H and O–H groups in total. The van der Waals surface area contributed by atoms with E-state index in [1.807, 2.05) is 0 Å². The fourth-order valence-corrected chi connectivity index (χ4v) is 6.61. The second-order valence-corrected chi connectivity index (χ2v) is 8.20. The number of hydrogen-bond acceptors (Lipinski definition) is 5. The number of pyridine rings is 1. The number of hydrogen-bond donors (Lipinski definition) is 0. The first-order valence-corrected chi connectivity index (χ1v) is 9.07. The Bertz CT molecular complexity index is 813. The Morgan fingerprint density at radius 2 is 1.54 bits per heavy atom. The molecule has 1 aromatic heterocycles. The number of imide groups is 1. The first-order valence-electron chi connectivity index (χ1n) is 7.56. The summed E-state index contributed by atoms with van der Waals surface area (Å²) in [7, 11) is 2.62. The van der Waals surface area contributed by atoms with Gasteiger partial charge in [0.1, 0.15) is 9.75 Å². The molecule has 3 aliphatic rings. The van der Waals surface area contributed by atoms with Crippen LogP contribution in [0.15, 0.2) is 34.6 Å². The maximum absolute atomic E-state index is 13.2. The van der Waals surface area contributed by atoms with Crippen molar-refractivity contribution in [3.63, 3.8) is 0 Å². The van der Waals surface area contributed by atoms with Crippen LogP contribution in [0.4, 0.5) is 5.69 Å². The van der Waals surface area contributed by atoms with E-state index in [9.17, 15) is 9.59 Å². The van der Waals surface area contributed by atoms with Crippen LogP contribution in [0.2, 0.25) is 0 Å². The van der Waals surface area contributed by atoms with Crippen LogP contribution >= 0.6 is 46.4 Å². The van der Waals surface area contributed by atoms with Crippen molar-refractivity contribution in [1.29, 1.82) is 0 Å². The first kappa shape index (κ1) is 18.5. The largest absolute Gasteiger partial charge is 0.350 e. The van der Waals surface area contributed by atoms with Gasteiger partial charge in [0.25, 0.3) is 0 Å². The van der Waals surface area contributed by atoms with Gasteiger partial charge in [-0.15, -0.1) is 23.2 Å². The molecule has 1 saturated carbocycles. The van der Waals surface area contributed by atoms with Crippen molar-refractivity contribution in [2.75, 3.05) is 19.1 Å². The highest BCUT2D eigenvalue weighted by Gasteiger charge is 2.89. The molecule has 1 aromatic rings. The molecule has 4 atom stereocenters. The molecular weight excluding hydrogens is 426 g/mol. The third kappa shape index (κ3) is 1.64. The molecule has 0 aromatic carbocycles. The highest BCUT2D eigenvalue weighted by atomic mass is 35.5. The van der Waals surface area contributed by atoms with Gasteiger partial charge in [0.05, 0.1) is 33.8 Å². The summed E-state index contributed by atoms with van der Waals surface area (Å²) >= 11 is 26.5. The number of fused-ring (bicyclic) bond motifs is 5. The topological polar surface area (TPSA) is 68.7 Å². The number of carbonyl (C=O) groups excluding carboxylic acids is 2. The zero-order chi connectivity index (χ0) is 19.1. The molecule has 2 aliphatic carbocycles. The van der Waals surface area contributed by atoms with Crippen LogP contribution in [0.3, 0.4) is 0 Å². The van der Waals surface area contributed by atoms with Gasteiger partial charge in [0, 0.05) is 20.4 Å². The van der Waals surface area contributed by atoms with Crippen molar-refractivity contribution in [2.24, 2.45) is 11.8 Å². The Kier molecular flexibility index (Phi) is 3.95. The summed E-state index contributed by atoms with van der Waals surface area (Å²) in [5, 5.41) is -0.120. The quantitative estimate of drug-likeness (QED) is 0.413. The van der Waals surface area contributed by atoms with Crippen LogP contribution in [0.1, 0.15) is 0 Å². The molecule has 10 heteroatoms. The number of rotatable bonds is 3. The molecule has 26 heavy (non-hydrogen) atoms. The predicted octanol–water partition coefficient (Wildman–Crippen LogP) is 2.85. The van der Waals surface area contributed by atoms with Gasteiger partial charge < -0.3 is 9.47 Å². The third-order valence-electron chi connectivity index (χ3n) is 5.43. The smallest absolute Gasteiger partial charge is 0.240 e. The van der Waals surface area contributed by atoms with E-state index in [1.54, 1.807) is 12.1 Å². The molecule has 0 unspecified atom stereocenters. The van der Waals surface area contributed by atoms with Crippen LogP contribution in [-0.4, -0.2) is 46.6 Å². The van der Waals surface area contributed by atoms with Crippen molar-refractivity contribution >= 4 is 63.9 Å². The summed E-state index contributed by atoms with van der Waals surface area (Å²) in [6, 6.07) is 3.20. The molecule has 1 saturated heterocycles. The summed E-state index contributed by atoms with van der Waals surface area (Å²) in [5.41, 5.74) is 0.310. The number of halogens is 4. The minimum absolute atomic E-state index is 0.0602. The Labute approximate surface area is 168 Å². The lowest BCUT2D eigenvalue weighted by atomic mass is 9.84. The van der Waals surface area contributed by atoms with Crippen LogP contribution < -0.4 is 4.90 Å². The number of nitrogens with zero attached hydrogens (tertiary/aromatic N) is 2. The van der Waals surface area contributed by atoms with Gasteiger partial charge in [-0.05, 0) is 12.1 Å². The molecular formula is C16H12Cl4N2O4. The van der Waals surface area contributed by atoms with Crippen molar-refractivity contribution in [1.82, 2.24) is 4.98 Å². The van der Waals surface area contributed by atoms with E-state index in [0.717, 1.165) is 4.90 Å². The number of carbonyl (C=O) groups is 2. The monoisotopic (exact) mass is 436 g/mol. The van der Waals surface area contributed by atoms with E-state index in [0.29, 0.717) is 5.69 Å². The lowest BCUT2D eigenvalue weighted by Gasteiger charge is -2.42. The van der Waals surface area contributed by atoms with Crippen LogP contribution in [0.5, 0.6) is 0 Å². The standard InChI is InChI=1S/C16H12Cl4N2O4/c1-25-16(26-2)14(19)8-9(15(16,20)11(18)10(14)17)13(24)22(12(8)23)7-4-3-5-21-6-7/h3-6,8-9H,1-2H3/t8-,9-,14-,15-/m0/s1. The van der Waals surface area contributed by atoms with Crippen molar-refractivity contribution in [3.05, 3.63) is 34.6 Å². The Morgan fingerprint density at radius 3 is 1.92 bits per heavy atom. The van der Waals surface area contributed by atoms with Crippen LogP contribution in [-0.2, 0) is 19.1 Å². The van der Waals surface area contributed by atoms with E-state index in [1.165, 1.54) is 26.6 Å². The molecule has 2 bridgehead atoms. The zero-order valence-corrected chi connectivity index (χ0v) is 16.5. The normalized spacial score (nSPS) is 37.7. The van der Waals surface area contributed by atoms with Crippen molar-refractivity contribution in [2.45, 2.75) is 15.5 Å². The fraction of sp³-hybridized carbons (Fsp3) is 0.438. The first-order chi connectivity index (χ1) is 12.2. The lowest BCUT2D eigenvalue weighted by Crippen LogP contribution is -2.60. The van der Waals surface area contributed by atoms with E-state index >= 15 is 0 Å². The second kappa shape index (κ2) is 5.56. The summed E-state index contributed by atoms with van der Waals surface area (Å²) < 4.78 is 11.0. The lowest BCUT2D eigenvalue weighted by molar-refractivity contribution is -0.221. The molecule has 4 rings (SSSR count). The SMILES string of the molecule is COC1(OC)[C@@]2(Cl)C(Cl)=C(Cl)[C@@]1(Cl)[C@@H]1C(=O)N(c3cccnc3)C(=O)[C@H]12. The van der Waals surface area contributed by atoms with Gasteiger partial charge in [-0.3, -0.25) is 14.6 Å². The van der Waals surface area contributed by atoms with Gasteiger partial charge in [0.2, 0.25) is 17.6 Å². The summed E-state index contributed by atoms with van der Waals surface area (Å²) in [6.45, 7) is 0. The Balaban J connectivity index is 1.95. The van der Waals surface area contributed by atoms with Gasteiger partial charge in [0.15, 0.2) is 0 Å². The Morgan fingerprint density at radius 1 is 1.04 bits per heavy atom. The summed E-state index contributed by atoms with van der Waals surface area (Å²) in [6.07, 6.45) is 2.93. The van der Waals surface area contributed by atoms with Gasteiger partial charge in [-0.2, -0.15) is 0 Å². The number of amides is 2. The van der Waals surface area contributed by atoms with E-state index in [4.69, 9.17) is 55.9 Å². The molecule has 2 amide bonds. The number of anilines is 1. The molecule has 0 radical (unpaired) electrons. The number of aromatic nitrogens is 1. The zero-order valence-electron chi connectivity index (χ0n) is 13.5. The number of methoxy groups -OCH3 is 2. The van der Waals surface area contributed by atoms with E-state index < -0.39 is 39.2 Å². The highest BCUT2D eigenvalue weighted by Crippen LogP contribution is 2.75. The fourth-order valence-electron chi connectivity index (χ4n) is 4.45. The molecule has 6 nitrogen and oxygen atoms in total. The Hall–Kier alpha value is -0.890. The van der Waals surface area contributed by atoms with Gasteiger partial charge in [-0.25, -0.2) is 4.90 Å². The third-order valence-corrected chi connectivity index (χ3v) is 8.04. The van der Waals surface area contributed by atoms with Crippen LogP contribution in [0.25, 0.3) is 0 Å². The minimum Gasteiger partial charge on any atom is -0.350 e. The average Bonchev–Trinajstić information content (AvgIpc) is 3.06. The average molecular weight is 438 g/mol. The second-order valence-electron chi connectivity index (χ2n) is 6.25. The van der Waals surface area contributed by atoms with Gasteiger partial charge >= 0.3 is 0 Å². The number of alkyl halides is 2. The van der Waals surface area contributed by atoms with Crippen molar-refractivity contribution in [3.8, 4) is 0 Å². The van der Waals surface area contributed by atoms with Gasteiger partial charge in [-0.1, -0.05) is 23.2 Å². The summed E-state index contributed by atoms with van der Waals surface area (Å²) in [4.78, 5) is 27.9. The molecule has 2 fully saturated rings. The molecule has 2 heterocycles. The van der Waals surface area contributed by atoms with Crippen molar-refractivity contribution < 1.29 is 19.1 Å².